The van der Waals surface area contributed by atoms with Gasteiger partial charge in [0, 0.05) is 54.7 Å². The quantitative estimate of drug-likeness (QED) is 0.107. The van der Waals surface area contributed by atoms with E-state index in [9.17, 15) is 27.6 Å². The monoisotopic (exact) mass is 680 g/mol. The Morgan fingerprint density at radius 2 is 1.71 bits per heavy atom. The van der Waals surface area contributed by atoms with Crippen molar-refractivity contribution in [3.05, 3.63) is 113 Å². The summed E-state index contributed by atoms with van der Waals surface area (Å²) in [5, 5.41) is 10.1. The highest BCUT2D eigenvalue weighted by Gasteiger charge is 2.33. The molecule has 1 unspecified atom stereocenters. The second kappa shape index (κ2) is 16.9. The van der Waals surface area contributed by atoms with Crippen molar-refractivity contribution < 1.29 is 32.3 Å². The van der Waals surface area contributed by atoms with Crippen molar-refractivity contribution in [1.29, 1.82) is 0 Å². The first-order chi connectivity index (χ1) is 23.0. The van der Waals surface area contributed by atoms with Crippen LogP contribution in [0.4, 0.5) is 29.3 Å². The van der Waals surface area contributed by atoms with Gasteiger partial charge >= 0.3 is 12.2 Å². The minimum atomic E-state index is -4.67. The van der Waals surface area contributed by atoms with E-state index in [1.54, 1.807) is 42.7 Å². The minimum Gasteiger partial charge on any atom is -0.457 e. The number of hydrogen-bond donors (Lipinski definition) is 4. The van der Waals surface area contributed by atoms with Crippen LogP contribution in [0, 0.1) is 0 Å². The molecular formula is C34H32ClF3N6O4. The van der Waals surface area contributed by atoms with Gasteiger partial charge in [0.2, 0.25) is 5.91 Å². The number of urea groups is 1. The number of halogens is 4. The maximum atomic E-state index is 13.1. The molecule has 14 heteroatoms. The number of alkyl halides is 3. The minimum absolute atomic E-state index is 0.0862. The molecule has 2 aromatic carbocycles. The van der Waals surface area contributed by atoms with Gasteiger partial charge in [0.05, 0.1) is 10.6 Å². The smallest absolute Gasteiger partial charge is 0.417 e. The summed E-state index contributed by atoms with van der Waals surface area (Å²) in [6.07, 6.45) is 5.58. The fraction of sp³-hybridized carbons (Fsp3) is 0.206. The predicted molar refractivity (Wildman–Crippen MR) is 177 cm³/mol. The van der Waals surface area contributed by atoms with Gasteiger partial charge in [-0.05, 0) is 72.7 Å². The molecule has 0 saturated heterocycles. The zero-order valence-electron chi connectivity index (χ0n) is 25.7. The largest absolute Gasteiger partial charge is 0.457 e. The number of aromatic nitrogens is 2. The summed E-state index contributed by atoms with van der Waals surface area (Å²) in [5.41, 5.74) is 0.0910. The normalized spacial score (nSPS) is 11.9. The predicted octanol–water partition coefficient (Wildman–Crippen LogP) is 7.70. The third-order valence-corrected chi connectivity index (χ3v) is 7.04. The highest BCUT2D eigenvalue weighted by Crippen LogP contribution is 2.36. The number of amides is 4. The summed E-state index contributed by atoms with van der Waals surface area (Å²) in [7, 11) is 0. The van der Waals surface area contributed by atoms with Crippen molar-refractivity contribution in [2.24, 2.45) is 0 Å². The molecule has 0 aliphatic rings. The average Bonchev–Trinajstić information content (AvgIpc) is 3.06. The van der Waals surface area contributed by atoms with Gasteiger partial charge in [0.1, 0.15) is 17.2 Å². The van der Waals surface area contributed by atoms with Gasteiger partial charge in [0.15, 0.2) is 0 Å². The van der Waals surface area contributed by atoms with Crippen LogP contribution in [0.1, 0.15) is 47.8 Å². The molecule has 0 aliphatic carbocycles. The van der Waals surface area contributed by atoms with Gasteiger partial charge in [-0.25, -0.2) is 4.79 Å². The van der Waals surface area contributed by atoms with E-state index in [1.807, 2.05) is 13.0 Å². The zero-order chi connectivity index (χ0) is 34.5. The van der Waals surface area contributed by atoms with Crippen molar-refractivity contribution in [1.82, 2.24) is 20.6 Å². The van der Waals surface area contributed by atoms with Crippen LogP contribution < -0.4 is 26.0 Å². The molecule has 0 radical (unpaired) electrons. The number of carbonyl (C=O) groups excluding carboxylic acids is 3. The van der Waals surface area contributed by atoms with E-state index in [2.05, 4.69) is 31.2 Å². The van der Waals surface area contributed by atoms with Crippen LogP contribution in [-0.4, -0.2) is 40.4 Å². The molecule has 0 spiro atoms. The molecule has 0 fully saturated rings. The lowest BCUT2D eigenvalue weighted by atomic mass is 10.1. The number of ether oxygens (including phenoxy) is 1. The maximum Gasteiger partial charge on any atom is 0.417 e. The summed E-state index contributed by atoms with van der Waals surface area (Å²) < 4.78 is 45.2. The van der Waals surface area contributed by atoms with Crippen LogP contribution in [0.2, 0.25) is 5.02 Å². The van der Waals surface area contributed by atoms with E-state index in [-0.39, 0.29) is 29.9 Å². The van der Waals surface area contributed by atoms with Crippen LogP contribution in [0.3, 0.4) is 0 Å². The molecule has 0 aliphatic heterocycles. The van der Waals surface area contributed by atoms with Crippen molar-refractivity contribution in [2.75, 3.05) is 17.2 Å². The fourth-order valence-corrected chi connectivity index (χ4v) is 4.56. The van der Waals surface area contributed by atoms with E-state index in [0.29, 0.717) is 23.6 Å². The Bertz CT molecular complexity index is 1740. The van der Waals surface area contributed by atoms with Crippen molar-refractivity contribution >= 4 is 46.9 Å². The fourth-order valence-electron chi connectivity index (χ4n) is 4.33. The molecular weight excluding hydrogens is 649 g/mol. The van der Waals surface area contributed by atoms with Crippen molar-refractivity contribution in [2.45, 2.75) is 38.4 Å². The number of hydrogen-bond acceptors (Lipinski definition) is 6. The summed E-state index contributed by atoms with van der Waals surface area (Å²) >= 11 is 5.62. The Labute approximate surface area is 279 Å². The molecule has 250 valence electrons. The molecule has 4 aromatic rings. The standard InChI is InChI=1S/C34H32ClF3N6O4/c1-2-3-6-25(42-31(45)14-7-22-5-4-16-39-20-22)21-41-32(46)30-19-27(15-17-40-30)48-26-11-8-23(9-12-26)43-33(47)44-24-10-13-29(35)28(18-24)34(36,37)38/h4-5,7-20,25H,2-3,6,21H2,1H3,(H,41,46)(H,42,45)(H2,43,44,47)/b14-7+. The van der Waals surface area contributed by atoms with E-state index in [0.717, 1.165) is 30.5 Å². The summed E-state index contributed by atoms with van der Waals surface area (Å²) in [5.74, 6) is -0.0257. The Kier molecular flexibility index (Phi) is 12.5. The molecule has 4 rings (SSSR count). The Morgan fingerprint density at radius 1 is 0.958 bits per heavy atom. The topological polar surface area (TPSA) is 134 Å². The SMILES string of the molecule is CCCCC(CNC(=O)c1cc(Oc2ccc(NC(=O)Nc3ccc(Cl)c(C(F)(F)F)c3)cc2)ccn1)NC(=O)/C=C/c1cccnc1. The third-order valence-electron chi connectivity index (χ3n) is 6.71. The first-order valence-electron chi connectivity index (χ1n) is 14.9. The number of rotatable bonds is 13. The van der Waals surface area contributed by atoms with Crippen molar-refractivity contribution in [3.63, 3.8) is 0 Å². The van der Waals surface area contributed by atoms with Crippen LogP contribution in [0.5, 0.6) is 11.5 Å². The highest BCUT2D eigenvalue weighted by atomic mass is 35.5. The average molecular weight is 681 g/mol. The molecule has 1 atom stereocenters. The second-order valence-corrected chi connectivity index (χ2v) is 10.9. The molecule has 2 aromatic heterocycles. The van der Waals surface area contributed by atoms with E-state index >= 15 is 0 Å². The lowest BCUT2D eigenvalue weighted by molar-refractivity contribution is -0.137. The number of carbonyl (C=O) groups is 3. The first-order valence-corrected chi connectivity index (χ1v) is 15.2. The van der Waals surface area contributed by atoms with Gasteiger partial charge in [0.25, 0.3) is 5.91 Å². The summed E-state index contributed by atoms with van der Waals surface area (Å²) in [6, 6.07) is 14.8. The second-order valence-electron chi connectivity index (χ2n) is 10.5. The zero-order valence-corrected chi connectivity index (χ0v) is 26.4. The van der Waals surface area contributed by atoms with Gasteiger partial charge in [-0.2, -0.15) is 13.2 Å². The highest BCUT2D eigenvalue weighted by molar-refractivity contribution is 6.31. The molecule has 4 amide bonds. The molecule has 4 N–H and O–H groups in total. The van der Waals surface area contributed by atoms with Gasteiger partial charge < -0.3 is 26.0 Å². The van der Waals surface area contributed by atoms with Crippen molar-refractivity contribution in [3.8, 4) is 11.5 Å². The van der Waals surface area contributed by atoms with E-state index in [4.69, 9.17) is 16.3 Å². The molecule has 0 saturated carbocycles. The first kappa shape index (κ1) is 35.4. The Balaban J connectivity index is 1.29. The third kappa shape index (κ3) is 11.1. The van der Waals surface area contributed by atoms with Gasteiger partial charge in [-0.3, -0.25) is 19.6 Å². The van der Waals surface area contributed by atoms with Crippen LogP contribution in [-0.2, 0) is 11.0 Å². The lowest BCUT2D eigenvalue weighted by Crippen LogP contribution is -2.43. The van der Waals surface area contributed by atoms with Gasteiger partial charge in [-0.15, -0.1) is 0 Å². The lowest BCUT2D eigenvalue weighted by Gasteiger charge is -2.18. The van der Waals surface area contributed by atoms with Crippen LogP contribution >= 0.6 is 11.6 Å². The van der Waals surface area contributed by atoms with Gasteiger partial charge in [-0.1, -0.05) is 37.4 Å². The number of nitrogens with zero attached hydrogens (tertiary/aromatic N) is 2. The Hall–Kier alpha value is -5.43. The van der Waals surface area contributed by atoms with Crippen LogP contribution in [0.25, 0.3) is 6.08 Å². The summed E-state index contributed by atoms with van der Waals surface area (Å²) in [4.78, 5) is 45.9. The number of nitrogens with one attached hydrogen (secondary N) is 4. The number of unbranched alkanes of at least 4 members (excludes halogenated alkanes) is 1. The molecule has 2 heterocycles. The molecule has 10 nitrogen and oxygen atoms in total. The van der Waals surface area contributed by atoms with E-state index < -0.39 is 28.7 Å². The summed E-state index contributed by atoms with van der Waals surface area (Å²) in [6.45, 7) is 2.24. The van der Waals surface area contributed by atoms with Crippen LogP contribution in [0.15, 0.2) is 91.4 Å². The molecule has 48 heavy (non-hydrogen) atoms. The number of benzene rings is 2. The Morgan fingerprint density at radius 3 is 2.42 bits per heavy atom. The molecule has 0 bridgehead atoms. The maximum absolute atomic E-state index is 13.1. The number of anilines is 2. The number of pyridine rings is 2. The van der Waals surface area contributed by atoms with E-state index in [1.165, 1.54) is 36.5 Å².